The zero-order valence-electron chi connectivity index (χ0n) is 9.41. The summed E-state index contributed by atoms with van der Waals surface area (Å²) in [7, 11) is 0. The van der Waals surface area contributed by atoms with Crippen LogP contribution in [-0.4, -0.2) is 25.5 Å². The van der Waals surface area contributed by atoms with Gasteiger partial charge in [0, 0.05) is 10.1 Å². The van der Waals surface area contributed by atoms with E-state index in [2.05, 4.69) is 33.2 Å². The monoisotopic (exact) mass is 366 g/mol. The molecule has 0 radical (unpaired) electrons. The molecule has 1 atom stereocenters. The summed E-state index contributed by atoms with van der Waals surface area (Å²) in [5.74, 6) is 0.627. The Morgan fingerprint density at radius 3 is 2.88 bits per heavy atom. The fraction of sp³-hybridized carbons (Fsp3) is 0.417. The highest BCUT2D eigenvalue weighted by Gasteiger charge is 2.16. The van der Waals surface area contributed by atoms with Crippen LogP contribution in [0.2, 0.25) is 0 Å². The summed E-state index contributed by atoms with van der Waals surface area (Å²) >= 11 is 2.19. The fourth-order valence-corrected chi connectivity index (χ4v) is 2.50. The van der Waals surface area contributed by atoms with Gasteiger partial charge in [-0.1, -0.05) is 12.1 Å². The maximum absolute atomic E-state index is 11.9. The standard InChI is InChI=1S/C12H15IN2O.ClH/c13-11-4-2-1-3-10(11)12(16)15-8-9-5-6-14-7-9;/h1-4,9,14H,5-8H2,(H,15,16);1H. The average molecular weight is 367 g/mol. The molecule has 94 valence electrons. The van der Waals surface area contributed by atoms with E-state index < -0.39 is 0 Å². The van der Waals surface area contributed by atoms with Crippen molar-refractivity contribution in [3.63, 3.8) is 0 Å². The molecule has 1 unspecified atom stereocenters. The van der Waals surface area contributed by atoms with E-state index in [4.69, 9.17) is 0 Å². The van der Waals surface area contributed by atoms with Gasteiger partial charge in [-0.2, -0.15) is 0 Å². The maximum Gasteiger partial charge on any atom is 0.252 e. The predicted octanol–water partition coefficient (Wildman–Crippen LogP) is 2.05. The molecule has 2 rings (SSSR count). The summed E-state index contributed by atoms with van der Waals surface area (Å²) in [6.45, 7) is 2.87. The Kier molecular flexibility index (Phi) is 6.22. The number of carbonyl (C=O) groups excluding carboxylic acids is 1. The van der Waals surface area contributed by atoms with E-state index in [1.54, 1.807) is 0 Å². The Morgan fingerprint density at radius 2 is 2.24 bits per heavy atom. The van der Waals surface area contributed by atoms with Gasteiger partial charge in [0.25, 0.3) is 5.91 Å². The van der Waals surface area contributed by atoms with Gasteiger partial charge in [-0.25, -0.2) is 0 Å². The summed E-state index contributed by atoms with van der Waals surface area (Å²) in [5, 5.41) is 6.29. The lowest BCUT2D eigenvalue weighted by Crippen LogP contribution is -2.30. The van der Waals surface area contributed by atoms with Crippen molar-refractivity contribution in [2.75, 3.05) is 19.6 Å². The van der Waals surface area contributed by atoms with E-state index in [9.17, 15) is 4.79 Å². The van der Waals surface area contributed by atoms with Gasteiger partial charge in [-0.3, -0.25) is 4.79 Å². The van der Waals surface area contributed by atoms with Crippen LogP contribution in [0.25, 0.3) is 0 Å². The topological polar surface area (TPSA) is 41.1 Å². The molecule has 0 bridgehead atoms. The van der Waals surface area contributed by atoms with E-state index in [-0.39, 0.29) is 18.3 Å². The number of rotatable bonds is 3. The van der Waals surface area contributed by atoms with E-state index in [1.165, 1.54) is 0 Å². The van der Waals surface area contributed by atoms with E-state index in [0.717, 1.165) is 35.2 Å². The van der Waals surface area contributed by atoms with Crippen molar-refractivity contribution in [1.82, 2.24) is 10.6 Å². The molecule has 0 saturated carbocycles. The summed E-state index contributed by atoms with van der Waals surface area (Å²) in [5.41, 5.74) is 0.772. The lowest BCUT2D eigenvalue weighted by Gasteiger charge is -2.10. The van der Waals surface area contributed by atoms with Gasteiger partial charge >= 0.3 is 0 Å². The molecule has 1 aliphatic heterocycles. The molecule has 0 aliphatic carbocycles. The van der Waals surface area contributed by atoms with Gasteiger partial charge < -0.3 is 10.6 Å². The highest BCUT2D eigenvalue weighted by atomic mass is 127. The minimum absolute atomic E-state index is 0. The van der Waals surface area contributed by atoms with Gasteiger partial charge in [-0.05, 0) is 60.2 Å². The molecular formula is C12H16ClIN2O. The minimum atomic E-state index is 0. The SMILES string of the molecule is Cl.O=C(NCC1CCNC1)c1ccccc1I. The van der Waals surface area contributed by atoms with Crippen molar-refractivity contribution in [2.24, 2.45) is 5.92 Å². The fourth-order valence-electron chi connectivity index (χ4n) is 1.87. The van der Waals surface area contributed by atoms with E-state index in [1.807, 2.05) is 24.3 Å². The normalized spacial score (nSPS) is 18.5. The first-order valence-electron chi connectivity index (χ1n) is 5.51. The molecule has 2 N–H and O–H groups in total. The molecule has 5 heteroatoms. The second-order valence-corrected chi connectivity index (χ2v) is 5.21. The third-order valence-electron chi connectivity index (χ3n) is 2.83. The summed E-state index contributed by atoms with van der Waals surface area (Å²) in [6.07, 6.45) is 1.16. The van der Waals surface area contributed by atoms with Crippen LogP contribution >= 0.6 is 35.0 Å². The van der Waals surface area contributed by atoms with Crippen molar-refractivity contribution < 1.29 is 4.79 Å². The second kappa shape index (κ2) is 7.18. The molecule has 1 heterocycles. The predicted molar refractivity (Wildman–Crippen MR) is 79.7 cm³/mol. The molecule has 1 amide bonds. The summed E-state index contributed by atoms with van der Waals surface area (Å²) in [6, 6.07) is 7.66. The van der Waals surface area contributed by atoms with Crippen LogP contribution in [0.4, 0.5) is 0 Å². The Balaban J connectivity index is 0.00000144. The molecule has 0 spiro atoms. The first kappa shape index (κ1) is 14.7. The number of hydrogen-bond donors (Lipinski definition) is 2. The molecule has 1 aromatic rings. The molecule has 1 aliphatic rings. The van der Waals surface area contributed by atoms with Crippen molar-refractivity contribution in [1.29, 1.82) is 0 Å². The van der Waals surface area contributed by atoms with E-state index in [0.29, 0.717) is 5.92 Å². The van der Waals surface area contributed by atoms with Crippen LogP contribution in [0.3, 0.4) is 0 Å². The number of benzene rings is 1. The third kappa shape index (κ3) is 4.12. The first-order chi connectivity index (χ1) is 7.77. The van der Waals surface area contributed by atoms with Crippen LogP contribution in [0.15, 0.2) is 24.3 Å². The number of nitrogens with one attached hydrogen (secondary N) is 2. The van der Waals surface area contributed by atoms with Crippen LogP contribution in [0.5, 0.6) is 0 Å². The molecule has 1 aromatic carbocycles. The van der Waals surface area contributed by atoms with Gasteiger partial charge in [0.15, 0.2) is 0 Å². The quantitative estimate of drug-likeness (QED) is 0.804. The Morgan fingerprint density at radius 1 is 1.47 bits per heavy atom. The number of carbonyl (C=O) groups is 1. The van der Waals surface area contributed by atoms with Crippen molar-refractivity contribution in [3.05, 3.63) is 33.4 Å². The molecule has 3 nitrogen and oxygen atoms in total. The zero-order chi connectivity index (χ0) is 11.4. The number of hydrogen-bond acceptors (Lipinski definition) is 2. The lowest BCUT2D eigenvalue weighted by molar-refractivity contribution is 0.0947. The number of amides is 1. The first-order valence-corrected chi connectivity index (χ1v) is 6.58. The van der Waals surface area contributed by atoms with Crippen molar-refractivity contribution in [2.45, 2.75) is 6.42 Å². The summed E-state index contributed by atoms with van der Waals surface area (Å²) in [4.78, 5) is 11.9. The van der Waals surface area contributed by atoms with Crippen LogP contribution in [0.1, 0.15) is 16.8 Å². The maximum atomic E-state index is 11.9. The van der Waals surface area contributed by atoms with Crippen LogP contribution < -0.4 is 10.6 Å². The Hall–Kier alpha value is -0.330. The highest BCUT2D eigenvalue weighted by Crippen LogP contribution is 2.12. The zero-order valence-corrected chi connectivity index (χ0v) is 12.4. The molecule has 1 fully saturated rings. The molecular weight excluding hydrogens is 351 g/mol. The lowest BCUT2D eigenvalue weighted by atomic mass is 10.1. The smallest absolute Gasteiger partial charge is 0.252 e. The van der Waals surface area contributed by atoms with Crippen LogP contribution in [-0.2, 0) is 0 Å². The average Bonchev–Trinajstić information content (AvgIpc) is 2.79. The molecule has 1 saturated heterocycles. The molecule has 17 heavy (non-hydrogen) atoms. The van der Waals surface area contributed by atoms with Gasteiger partial charge in [0.1, 0.15) is 0 Å². The Labute approximate surface area is 121 Å². The minimum Gasteiger partial charge on any atom is -0.352 e. The third-order valence-corrected chi connectivity index (χ3v) is 3.77. The number of halogens is 2. The van der Waals surface area contributed by atoms with Gasteiger partial charge in [-0.15, -0.1) is 12.4 Å². The van der Waals surface area contributed by atoms with Gasteiger partial charge in [0.2, 0.25) is 0 Å². The second-order valence-electron chi connectivity index (χ2n) is 4.05. The largest absolute Gasteiger partial charge is 0.352 e. The van der Waals surface area contributed by atoms with E-state index >= 15 is 0 Å². The Bertz CT molecular complexity index is 381. The van der Waals surface area contributed by atoms with Crippen LogP contribution in [0, 0.1) is 9.49 Å². The molecule has 0 aromatic heterocycles. The van der Waals surface area contributed by atoms with Crippen molar-refractivity contribution >= 4 is 40.9 Å². The summed E-state index contributed by atoms with van der Waals surface area (Å²) < 4.78 is 1.00. The van der Waals surface area contributed by atoms with Gasteiger partial charge in [0.05, 0.1) is 5.56 Å². The van der Waals surface area contributed by atoms with Crippen molar-refractivity contribution in [3.8, 4) is 0 Å². The highest BCUT2D eigenvalue weighted by molar-refractivity contribution is 14.1.